The molecule has 0 saturated carbocycles. The monoisotopic (exact) mass is 601 g/mol. The number of carbonyl (C=O) groups excluding carboxylic acids is 2. The first-order valence-corrected chi connectivity index (χ1v) is 15.1. The third-order valence-corrected chi connectivity index (χ3v) is 8.14. The van der Waals surface area contributed by atoms with Crippen LogP contribution in [0, 0.1) is 0 Å². The van der Waals surface area contributed by atoms with Crippen LogP contribution in [0.1, 0.15) is 5.56 Å². The van der Waals surface area contributed by atoms with Crippen LogP contribution in [0.25, 0.3) is 0 Å². The number of nitrogens with one attached hydrogen (secondary N) is 2. The molecule has 4 aromatic carbocycles. The van der Waals surface area contributed by atoms with E-state index in [-0.39, 0.29) is 29.9 Å². The number of sulfonamides is 1. The second-order valence-corrected chi connectivity index (χ2v) is 11.4. The van der Waals surface area contributed by atoms with E-state index in [1.165, 1.54) is 36.3 Å². The van der Waals surface area contributed by atoms with Crippen molar-refractivity contribution in [3.05, 3.63) is 109 Å². The van der Waals surface area contributed by atoms with Crippen molar-refractivity contribution < 1.29 is 32.2 Å². The number of carbonyl (C=O) groups is 2. The Morgan fingerprint density at radius 3 is 2.42 bits per heavy atom. The van der Waals surface area contributed by atoms with Crippen molar-refractivity contribution in [1.29, 1.82) is 0 Å². The number of fused-ring (bicyclic) bond motifs is 1. The normalized spacial score (nSPS) is 14.2. The molecule has 0 fully saturated rings. The van der Waals surface area contributed by atoms with Crippen LogP contribution < -0.4 is 29.1 Å². The average Bonchev–Trinajstić information content (AvgIpc) is 3.03. The van der Waals surface area contributed by atoms with Gasteiger partial charge in [0.05, 0.1) is 29.9 Å². The first kappa shape index (κ1) is 29.5. The van der Waals surface area contributed by atoms with Gasteiger partial charge in [0.25, 0.3) is 21.8 Å². The maximum Gasteiger partial charge on any atom is 0.265 e. The number of rotatable bonds is 11. The summed E-state index contributed by atoms with van der Waals surface area (Å²) in [6.07, 6.45) is -0.222. The number of ether oxygens (including phenoxy) is 3. The Kier molecular flexibility index (Phi) is 9.11. The highest BCUT2D eigenvalue weighted by Crippen LogP contribution is 2.33. The molecule has 0 aromatic heterocycles. The van der Waals surface area contributed by atoms with Crippen LogP contribution in [0.15, 0.2) is 108 Å². The molecule has 0 bridgehead atoms. The van der Waals surface area contributed by atoms with Crippen molar-refractivity contribution >= 4 is 33.2 Å². The lowest BCUT2D eigenvalue weighted by Crippen LogP contribution is -2.52. The largest absolute Gasteiger partial charge is 0.497 e. The van der Waals surface area contributed by atoms with Gasteiger partial charge in [-0.15, -0.1) is 0 Å². The van der Waals surface area contributed by atoms with Crippen molar-refractivity contribution in [2.45, 2.75) is 17.4 Å². The van der Waals surface area contributed by atoms with E-state index < -0.39 is 16.1 Å². The molecule has 10 nitrogen and oxygen atoms in total. The van der Waals surface area contributed by atoms with Gasteiger partial charge in [-0.3, -0.25) is 14.3 Å². The van der Waals surface area contributed by atoms with Crippen LogP contribution in [0.4, 0.5) is 11.4 Å². The minimum atomic E-state index is -3.86. The Hall–Kier alpha value is -5.03. The zero-order chi connectivity index (χ0) is 30.2. The van der Waals surface area contributed by atoms with Crippen LogP contribution in [-0.2, 0) is 26.0 Å². The number of nitrogens with zero attached hydrogens (tertiary/aromatic N) is 1. The summed E-state index contributed by atoms with van der Waals surface area (Å²) in [7, 11) is -2.36. The molecule has 4 aromatic rings. The van der Waals surface area contributed by atoms with Crippen molar-refractivity contribution in [3.8, 4) is 17.2 Å². The molecule has 222 valence electrons. The van der Waals surface area contributed by atoms with Crippen LogP contribution in [0.3, 0.4) is 0 Å². The Morgan fingerprint density at radius 1 is 0.907 bits per heavy atom. The summed E-state index contributed by atoms with van der Waals surface area (Å²) in [5, 5.41) is 2.89. The van der Waals surface area contributed by atoms with E-state index in [4.69, 9.17) is 14.2 Å². The number of hydrogen-bond donors (Lipinski definition) is 2. The highest BCUT2D eigenvalue weighted by molar-refractivity contribution is 7.92. The number of hydrogen-bond acceptors (Lipinski definition) is 7. The third kappa shape index (κ3) is 7.44. The first-order valence-electron chi connectivity index (χ1n) is 13.6. The molecule has 1 unspecified atom stereocenters. The summed E-state index contributed by atoms with van der Waals surface area (Å²) in [5.74, 6) is 0.554. The Balaban J connectivity index is 1.19. The van der Waals surface area contributed by atoms with Crippen LogP contribution in [0.5, 0.6) is 17.2 Å². The molecule has 2 amide bonds. The van der Waals surface area contributed by atoms with Gasteiger partial charge >= 0.3 is 0 Å². The summed E-state index contributed by atoms with van der Waals surface area (Å²) in [6.45, 7) is 0.122. The fraction of sp³-hybridized carbons (Fsp3) is 0.188. The van der Waals surface area contributed by atoms with Crippen LogP contribution in [-0.4, -0.2) is 53.1 Å². The molecule has 1 aliphatic heterocycles. The van der Waals surface area contributed by atoms with Gasteiger partial charge in [-0.05, 0) is 60.5 Å². The second kappa shape index (κ2) is 13.3. The molecule has 5 rings (SSSR count). The molecule has 0 spiro atoms. The van der Waals surface area contributed by atoms with Gasteiger partial charge in [-0.1, -0.05) is 48.5 Å². The minimum absolute atomic E-state index is 0.0174. The second-order valence-electron chi connectivity index (χ2n) is 9.70. The van der Waals surface area contributed by atoms with Gasteiger partial charge in [-0.25, -0.2) is 8.42 Å². The molecular weight excluding hydrogens is 570 g/mol. The number of anilines is 2. The minimum Gasteiger partial charge on any atom is -0.497 e. The fourth-order valence-electron chi connectivity index (χ4n) is 4.53. The molecule has 1 aliphatic rings. The maximum atomic E-state index is 13.3. The van der Waals surface area contributed by atoms with Gasteiger partial charge in [0.15, 0.2) is 12.7 Å². The predicted molar refractivity (Wildman–Crippen MR) is 162 cm³/mol. The third-order valence-electron chi connectivity index (χ3n) is 6.74. The number of methoxy groups -OCH3 is 1. The predicted octanol–water partition coefficient (Wildman–Crippen LogP) is 4.03. The standard InChI is InChI=1S/C32H31N3O7S/c1-40-26-11-7-10-24(20-26)34-43(38,39)27-16-14-25(15-17-27)41-22-31(36)35-21-30(42-29-13-6-5-12-28(29)35)32(37)33-19-18-23-8-3-2-4-9-23/h2-17,20,30,34H,18-19,21-22H2,1H3,(H,33,37). The van der Waals surface area contributed by atoms with Gasteiger partial charge in [0.1, 0.15) is 17.2 Å². The highest BCUT2D eigenvalue weighted by Gasteiger charge is 2.33. The molecule has 1 atom stereocenters. The molecule has 0 aliphatic carbocycles. The van der Waals surface area contributed by atoms with Gasteiger partial charge in [0, 0.05) is 12.6 Å². The van der Waals surface area contributed by atoms with Crippen molar-refractivity contribution in [3.63, 3.8) is 0 Å². The Bertz CT molecular complexity index is 1680. The summed E-state index contributed by atoms with van der Waals surface area (Å²) >= 11 is 0. The van der Waals surface area contributed by atoms with Crippen LogP contribution in [0.2, 0.25) is 0 Å². The van der Waals surface area contributed by atoms with Gasteiger partial charge < -0.3 is 24.4 Å². The van der Waals surface area contributed by atoms with E-state index in [0.29, 0.717) is 41.6 Å². The SMILES string of the molecule is COc1cccc(NS(=O)(=O)c2ccc(OCC(=O)N3CC(C(=O)NCCc4ccccc4)Oc4ccccc43)cc2)c1. The number of benzene rings is 4. The van der Waals surface area contributed by atoms with E-state index in [0.717, 1.165) is 5.56 Å². The van der Waals surface area contributed by atoms with Gasteiger partial charge in [-0.2, -0.15) is 0 Å². The molecule has 43 heavy (non-hydrogen) atoms. The van der Waals surface area contributed by atoms with E-state index in [1.54, 1.807) is 48.5 Å². The Labute approximate surface area is 250 Å². The first-order chi connectivity index (χ1) is 20.8. The average molecular weight is 602 g/mol. The lowest BCUT2D eigenvalue weighted by Gasteiger charge is -2.34. The molecule has 2 N–H and O–H groups in total. The summed E-state index contributed by atoms with van der Waals surface area (Å²) < 4.78 is 44.9. The lowest BCUT2D eigenvalue weighted by molar-refractivity contribution is -0.128. The Morgan fingerprint density at radius 2 is 1.65 bits per heavy atom. The topological polar surface area (TPSA) is 123 Å². The molecular formula is C32H31N3O7S. The molecule has 0 saturated heterocycles. The summed E-state index contributed by atoms with van der Waals surface area (Å²) in [5.41, 5.74) is 2.00. The van der Waals surface area contributed by atoms with Gasteiger partial charge in [0.2, 0.25) is 0 Å². The summed E-state index contributed by atoms with van der Waals surface area (Å²) in [6, 6.07) is 29.1. The van der Waals surface area contributed by atoms with E-state index in [9.17, 15) is 18.0 Å². The van der Waals surface area contributed by atoms with E-state index in [1.807, 2.05) is 30.3 Å². The van der Waals surface area contributed by atoms with Crippen molar-refractivity contribution in [2.24, 2.45) is 0 Å². The number of para-hydroxylation sites is 2. The van der Waals surface area contributed by atoms with Crippen molar-refractivity contribution in [1.82, 2.24) is 5.32 Å². The van der Waals surface area contributed by atoms with E-state index >= 15 is 0 Å². The molecule has 1 heterocycles. The zero-order valence-electron chi connectivity index (χ0n) is 23.4. The highest BCUT2D eigenvalue weighted by atomic mass is 32.2. The zero-order valence-corrected chi connectivity index (χ0v) is 24.3. The quantitative estimate of drug-likeness (QED) is 0.266. The summed E-state index contributed by atoms with van der Waals surface area (Å²) in [4.78, 5) is 27.7. The maximum absolute atomic E-state index is 13.3. The fourth-order valence-corrected chi connectivity index (χ4v) is 5.58. The molecule has 11 heteroatoms. The smallest absolute Gasteiger partial charge is 0.265 e. The van der Waals surface area contributed by atoms with Crippen LogP contribution >= 0.6 is 0 Å². The number of amides is 2. The van der Waals surface area contributed by atoms with E-state index in [2.05, 4.69) is 10.0 Å². The van der Waals surface area contributed by atoms with Crippen molar-refractivity contribution in [2.75, 3.05) is 36.4 Å². The molecule has 0 radical (unpaired) electrons. The lowest BCUT2D eigenvalue weighted by atomic mass is 10.1.